The molecule has 2 rings (SSSR count). The summed E-state index contributed by atoms with van der Waals surface area (Å²) in [5.41, 5.74) is 0.405. The number of rotatable bonds is 7. The van der Waals surface area contributed by atoms with Gasteiger partial charge in [-0.3, -0.25) is 14.9 Å². The zero-order valence-electron chi connectivity index (χ0n) is 15.1. The number of piperidine rings is 1. The summed E-state index contributed by atoms with van der Waals surface area (Å²) in [6.07, 6.45) is 2.79. The second-order valence-electron chi connectivity index (χ2n) is 6.70. The SMILES string of the molecule is COC1CCN(C(=O)c2ccc(SCCC(C)C)c([N+](=O)[O-])c2)CC1. The van der Waals surface area contributed by atoms with Crippen molar-refractivity contribution in [1.82, 2.24) is 4.90 Å². The molecule has 0 spiro atoms. The lowest BCUT2D eigenvalue weighted by molar-refractivity contribution is -0.387. The molecule has 1 amide bonds. The fourth-order valence-electron chi connectivity index (χ4n) is 2.80. The zero-order chi connectivity index (χ0) is 18.4. The van der Waals surface area contributed by atoms with Crippen molar-refractivity contribution in [3.8, 4) is 0 Å². The second-order valence-corrected chi connectivity index (χ2v) is 7.83. The molecule has 25 heavy (non-hydrogen) atoms. The average molecular weight is 366 g/mol. The summed E-state index contributed by atoms with van der Waals surface area (Å²) in [4.78, 5) is 26.0. The van der Waals surface area contributed by atoms with E-state index in [1.165, 1.54) is 17.8 Å². The molecule has 1 aliphatic heterocycles. The lowest BCUT2D eigenvalue weighted by Crippen LogP contribution is -2.40. The van der Waals surface area contributed by atoms with Gasteiger partial charge in [0.2, 0.25) is 0 Å². The summed E-state index contributed by atoms with van der Waals surface area (Å²) in [5, 5.41) is 11.4. The fourth-order valence-corrected chi connectivity index (χ4v) is 4.05. The molecule has 1 aliphatic rings. The molecule has 0 aromatic heterocycles. The molecular formula is C18H26N2O4S. The third-order valence-corrected chi connectivity index (χ3v) is 5.51. The molecule has 7 heteroatoms. The summed E-state index contributed by atoms with van der Waals surface area (Å²) in [6, 6.07) is 4.83. The Hall–Kier alpha value is -1.60. The lowest BCUT2D eigenvalue weighted by Gasteiger charge is -2.31. The topological polar surface area (TPSA) is 72.7 Å². The van der Waals surface area contributed by atoms with E-state index in [0.29, 0.717) is 29.5 Å². The minimum absolute atomic E-state index is 0.0198. The van der Waals surface area contributed by atoms with Gasteiger partial charge in [0.05, 0.1) is 15.9 Å². The maximum atomic E-state index is 12.6. The van der Waals surface area contributed by atoms with Crippen LogP contribution in [0.1, 0.15) is 43.5 Å². The number of methoxy groups -OCH3 is 1. The van der Waals surface area contributed by atoms with Crippen LogP contribution in [0.15, 0.2) is 23.1 Å². The van der Waals surface area contributed by atoms with E-state index in [4.69, 9.17) is 4.74 Å². The minimum Gasteiger partial charge on any atom is -0.381 e. The first kappa shape index (κ1) is 19.7. The van der Waals surface area contributed by atoms with Crippen LogP contribution in [-0.2, 0) is 4.74 Å². The summed E-state index contributed by atoms with van der Waals surface area (Å²) < 4.78 is 5.32. The Morgan fingerprint density at radius 2 is 2.08 bits per heavy atom. The van der Waals surface area contributed by atoms with Crippen molar-refractivity contribution in [2.75, 3.05) is 26.0 Å². The number of nitro groups is 1. The molecule has 138 valence electrons. The predicted molar refractivity (Wildman–Crippen MR) is 99.2 cm³/mol. The van der Waals surface area contributed by atoms with Crippen molar-refractivity contribution in [2.45, 2.75) is 44.1 Å². The molecular weight excluding hydrogens is 340 g/mol. The van der Waals surface area contributed by atoms with Gasteiger partial charge < -0.3 is 9.64 Å². The number of hydrogen-bond donors (Lipinski definition) is 0. The first-order valence-electron chi connectivity index (χ1n) is 8.65. The standard InChI is InChI=1S/C18H26N2O4S/c1-13(2)8-11-25-17-5-4-14(12-16(17)20(22)23)18(21)19-9-6-15(24-3)7-10-19/h4-5,12-13,15H,6-11H2,1-3H3. The highest BCUT2D eigenvalue weighted by atomic mass is 32.2. The Bertz CT molecular complexity index is 613. The predicted octanol–water partition coefficient (Wildman–Crippen LogP) is 3.98. The van der Waals surface area contributed by atoms with Gasteiger partial charge in [-0.2, -0.15) is 0 Å². The molecule has 0 N–H and O–H groups in total. The van der Waals surface area contributed by atoms with Gasteiger partial charge in [-0.25, -0.2) is 0 Å². The number of nitrogens with zero attached hydrogens (tertiary/aromatic N) is 2. The molecule has 1 saturated heterocycles. The van der Waals surface area contributed by atoms with E-state index < -0.39 is 4.92 Å². The van der Waals surface area contributed by atoms with E-state index in [9.17, 15) is 14.9 Å². The van der Waals surface area contributed by atoms with Crippen molar-refractivity contribution in [3.63, 3.8) is 0 Å². The Balaban J connectivity index is 2.09. The number of benzene rings is 1. The molecule has 1 aromatic rings. The third kappa shape index (κ3) is 5.44. The molecule has 0 radical (unpaired) electrons. The highest BCUT2D eigenvalue weighted by Crippen LogP contribution is 2.31. The van der Waals surface area contributed by atoms with E-state index in [0.717, 1.165) is 25.0 Å². The number of thioether (sulfide) groups is 1. The normalized spacial score (nSPS) is 15.6. The van der Waals surface area contributed by atoms with Gasteiger partial charge in [-0.15, -0.1) is 11.8 Å². The van der Waals surface area contributed by atoms with Gasteiger partial charge in [-0.1, -0.05) is 13.8 Å². The van der Waals surface area contributed by atoms with Crippen molar-refractivity contribution >= 4 is 23.4 Å². The molecule has 6 nitrogen and oxygen atoms in total. The molecule has 1 fully saturated rings. The molecule has 0 bridgehead atoms. The fraction of sp³-hybridized carbons (Fsp3) is 0.611. The Kier molecular flexibility index (Phi) is 7.25. The minimum atomic E-state index is -0.397. The van der Waals surface area contributed by atoms with Crippen molar-refractivity contribution < 1.29 is 14.5 Å². The van der Waals surface area contributed by atoms with Crippen LogP contribution in [0.2, 0.25) is 0 Å². The summed E-state index contributed by atoms with van der Waals surface area (Å²) in [5.74, 6) is 1.25. The molecule has 0 saturated carbocycles. The number of likely N-dealkylation sites (tertiary alicyclic amines) is 1. The number of ether oxygens (including phenoxy) is 1. The molecule has 0 aliphatic carbocycles. The quantitative estimate of drug-likeness (QED) is 0.414. The smallest absolute Gasteiger partial charge is 0.283 e. The zero-order valence-corrected chi connectivity index (χ0v) is 15.9. The van der Waals surface area contributed by atoms with Crippen LogP contribution < -0.4 is 0 Å². The van der Waals surface area contributed by atoms with Crippen LogP contribution in [0.25, 0.3) is 0 Å². The van der Waals surface area contributed by atoms with Gasteiger partial charge in [-0.05, 0) is 43.1 Å². The van der Waals surface area contributed by atoms with Gasteiger partial charge in [0, 0.05) is 31.8 Å². The molecule has 0 unspecified atom stereocenters. The van der Waals surface area contributed by atoms with Crippen LogP contribution >= 0.6 is 11.8 Å². The van der Waals surface area contributed by atoms with Crippen LogP contribution in [0, 0.1) is 16.0 Å². The number of amides is 1. The van der Waals surface area contributed by atoms with Crippen LogP contribution in [0.5, 0.6) is 0 Å². The van der Waals surface area contributed by atoms with Gasteiger partial charge in [0.15, 0.2) is 0 Å². The maximum absolute atomic E-state index is 12.6. The van der Waals surface area contributed by atoms with Crippen LogP contribution in [-0.4, -0.2) is 47.8 Å². The van der Waals surface area contributed by atoms with Crippen molar-refractivity contribution in [2.24, 2.45) is 5.92 Å². The molecule has 1 heterocycles. The van der Waals surface area contributed by atoms with E-state index in [2.05, 4.69) is 13.8 Å². The number of nitro benzene ring substituents is 1. The second kappa shape index (κ2) is 9.20. The van der Waals surface area contributed by atoms with Crippen molar-refractivity contribution in [3.05, 3.63) is 33.9 Å². The average Bonchev–Trinajstić information content (AvgIpc) is 2.61. The summed E-state index contributed by atoms with van der Waals surface area (Å²) in [6.45, 7) is 5.50. The Morgan fingerprint density at radius 3 is 2.64 bits per heavy atom. The van der Waals surface area contributed by atoms with Crippen LogP contribution in [0.3, 0.4) is 0 Å². The monoisotopic (exact) mass is 366 g/mol. The van der Waals surface area contributed by atoms with E-state index in [1.807, 2.05) is 0 Å². The van der Waals surface area contributed by atoms with E-state index in [1.54, 1.807) is 24.1 Å². The highest BCUT2D eigenvalue weighted by Gasteiger charge is 2.25. The van der Waals surface area contributed by atoms with Gasteiger partial charge in [0.25, 0.3) is 11.6 Å². The van der Waals surface area contributed by atoms with Crippen LogP contribution in [0.4, 0.5) is 5.69 Å². The summed E-state index contributed by atoms with van der Waals surface area (Å²) in [7, 11) is 1.68. The third-order valence-electron chi connectivity index (χ3n) is 4.42. The van der Waals surface area contributed by atoms with Crippen molar-refractivity contribution in [1.29, 1.82) is 0 Å². The molecule has 0 atom stereocenters. The number of carbonyl (C=O) groups excluding carboxylic acids is 1. The summed E-state index contributed by atoms with van der Waals surface area (Å²) >= 11 is 1.48. The first-order chi connectivity index (χ1) is 11.9. The number of carbonyl (C=O) groups is 1. The lowest BCUT2D eigenvalue weighted by atomic mass is 10.1. The first-order valence-corrected chi connectivity index (χ1v) is 9.64. The number of hydrogen-bond acceptors (Lipinski definition) is 5. The van der Waals surface area contributed by atoms with Gasteiger partial charge in [0.1, 0.15) is 0 Å². The Labute approximate surface area is 153 Å². The van der Waals surface area contributed by atoms with E-state index in [-0.39, 0.29) is 17.7 Å². The van der Waals surface area contributed by atoms with E-state index >= 15 is 0 Å². The largest absolute Gasteiger partial charge is 0.381 e. The highest BCUT2D eigenvalue weighted by molar-refractivity contribution is 7.99. The maximum Gasteiger partial charge on any atom is 0.283 e. The Morgan fingerprint density at radius 1 is 1.40 bits per heavy atom. The van der Waals surface area contributed by atoms with Gasteiger partial charge >= 0.3 is 0 Å². The molecule has 1 aromatic carbocycles.